The minimum Gasteiger partial charge on any atom is -0.456 e. The first-order valence-electron chi connectivity index (χ1n) is 7.37. The highest BCUT2D eigenvalue weighted by molar-refractivity contribution is 5.70. The minimum absolute atomic E-state index is 0.0333. The van der Waals surface area contributed by atoms with Gasteiger partial charge in [0, 0.05) is 12.8 Å². The van der Waals surface area contributed by atoms with Crippen LogP contribution in [0.1, 0.15) is 51.3 Å². The fourth-order valence-electron chi connectivity index (χ4n) is 2.42. The van der Waals surface area contributed by atoms with Crippen molar-refractivity contribution >= 4 is 5.97 Å². The van der Waals surface area contributed by atoms with Gasteiger partial charge in [-0.25, -0.2) is 0 Å². The molecule has 4 nitrogen and oxygen atoms in total. The number of carbonyl (C=O) groups is 1. The predicted octanol–water partition coefficient (Wildman–Crippen LogP) is 3.28. The number of hydrogen-bond acceptors (Lipinski definition) is 4. The predicted molar refractivity (Wildman–Crippen MR) is 76.1 cm³/mol. The van der Waals surface area contributed by atoms with E-state index in [1.54, 1.807) is 6.20 Å². The number of ether oxygens (including phenoxy) is 2. The van der Waals surface area contributed by atoms with Crippen LogP contribution in [0.4, 0.5) is 0 Å². The molecule has 110 valence electrons. The molecule has 4 heteroatoms. The maximum Gasteiger partial charge on any atom is 0.309 e. The molecule has 1 saturated heterocycles. The minimum atomic E-state index is -0.259. The summed E-state index contributed by atoms with van der Waals surface area (Å²) in [5.74, 6) is 0.255. The van der Waals surface area contributed by atoms with Crippen molar-refractivity contribution in [3.8, 4) is 0 Å². The third kappa shape index (κ3) is 4.60. The first-order chi connectivity index (χ1) is 9.65. The molecule has 0 unspecified atom stereocenters. The van der Waals surface area contributed by atoms with Gasteiger partial charge in [-0.05, 0) is 37.3 Å². The second kappa shape index (κ2) is 7.39. The molecule has 0 N–H and O–H groups in total. The van der Waals surface area contributed by atoms with Gasteiger partial charge in [-0.15, -0.1) is 0 Å². The summed E-state index contributed by atoms with van der Waals surface area (Å²) in [6, 6.07) is 5.69. The fraction of sp³-hybridized carbons (Fsp3) is 0.625. The standard InChI is InChI=1S/C16H23NO3/c1-12(2)10-15(14-7-3-4-8-17-14)20-16(18)11-13-6-5-9-19-13/h3-4,7-8,12-13,15H,5-6,9-11H2,1-2H3/t13-,15-/m0/s1. The molecule has 20 heavy (non-hydrogen) atoms. The highest BCUT2D eigenvalue weighted by atomic mass is 16.5. The lowest BCUT2D eigenvalue weighted by molar-refractivity contribution is -0.153. The third-order valence-electron chi connectivity index (χ3n) is 3.40. The summed E-state index contributed by atoms with van der Waals surface area (Å²) in [6.07, 6.45) is 4.63. The molecule has 0 saturated carbocycles. The molecule has 1 fully saturated rings. The molecule has 2 heterocycles. The Bertz CT molecular complexity index is 413. The van der Waals surface area contributed by atoms with Crippen LogP contribution in [-0.2, 0) is 14.3 Å². The van der Waals surface area contributed by atoms with Crippen molar-refractivity contribution in [2.45, 2.75) is 51.7 Å². The molecule has 1 aromatic heterocycles. The van der Waals surface area contributed by atoms with E-state index in [2.05, 4.69) is 18.8 Å². The second-order valence-corrected chi connectivity index (χ2v) is 5.70. The Morgan fingerprint density at radius 2 is 2.35 bits per heavy atom. The van der Waals surface area contributed by atoms with Gasteiger partial charge in [0.15, 0.2) is 0 Å². The zero-order valence-corrected chi connectivity index (χ0v) is 12.2. The van der Waals surface area contributed by atoms with Crippen molar-refractivity contribution in [3.63, 3.8) is 0 Å². The number of aromatic nitrogens is 1. The normalized spacial score (nSPS) is 20.1. The maximum absolute atomic E-state index is 12.0. The summed E-state index contributed by atoms with van der Waals surface area (Å²) in [7, 11) is 0. The molecule has 0 amide bonds. The van der Waals surface area contributed by atoms with Crippen molar-refractivity contribution in [3.05, 3.63) is 30.1 Å². The third-order valence-corrected chi connectivity index (χ3v) is 3.40. The van der Waals surface area contributed by atoms with E-state index < -0.39 is 0 Å². The number of carbonyl (C=O) groups excluding carboxylic acids is 1. The van der Waals surface area contributed by atoms with Crippen LogP contribution in [0, 0.1) is 5.92 Å². The van der Waals surface area contributed by atoms with Crippen molar-refractivity contribution in [1.82, 2.24) is 4.98 Å². The van der Waals surface area contributed by atoms with Crippen molar-refractivity contribution in [1.29, 1.82) is 0 Å². The molecule has 1 aromatic rings. The van der Waals surface area contributed by atoms with Crippen LogP contribution < -0.4 is 0 Å². The first kappa shape index (κ1) is 15.0. The topological polar surface area (TPSA) is 48.4 Å². The van der Waals surface area contributed by atoms with E-state index in [1.807, 2.05) is 18.2 Å². The number of hydrogen-bond donors (Lipinski definition) is 0. The zero-order chi connectivity index (χ0) is 14.4. The average molecular weight is 277 g/mol. The lowest BCUT2D eigenvalue weighted by Gasteiger charge is -2.20. The lowest BCUT2D eigenvalue weighted by Crippen LogP contribution is -2.19. The van der Waals surface area contributed by atoms with E-state index in [1.165, 1.54) is 0 Å². The van der Waals surface area contributed by atoms with Crippen molar-refractivity contribution in [2.75, 3.05) is 6.61 Å². The zero-order valence-electron chi connectivity index (χ0n) is 12.2. The summed E-state index contributed by atoms with van der Waals surface area (Å²) >= 11 is 0. The van der Waals surface area contributed by atoms with Crippen LogP contribution in [0.5, 0.6) is 0 Å². The molecule has 2 atom stereocenters. The lowest BCUT2D eigenvalue weighted by atomic mass is 10.0. The van der Waals surface area contributed by atoms with Gasteiger partial charge >= 0.3 is 5.97 Å². The van der Waals surface area contributed by atoms with Crippen LogP contribution in [0.2, 0.25) is 0 Å². The molecule has 1 aliphatic rings. The Morgan fingerprint density at radius 3 is 2.95 bits per heavy atom. The second-order valence-electron chi connectivity index (χ2n) is 5.70. The van der Waals surface area contributed by atoms with E-state index >= 15 is 0 Å². The van der Waals surface area contributed by atoms with Crippen molar-refractivity contribution in [2.24, 2.45) is 5.92 Å². The highest BCUT2D eigenvalue weighted by Gasteiger charge is 2.24. The largest absolute Gasteiger partial charge is 0.456 e. The Morgan fingerprint density at radius 1 is 1.50 bits per heavy atom. The Kier molecular flexibility index (Phi) is 5.53. The van der Waals surface area contributed by atoms with Gasteiger partial charge in [0.25, 0.3) is 0 Å². The van der Waals surface area contributed by atoms with Gasteiger partial charge in [-0.3, -0.25) is 9.78 Å². The SMILES string of the molecule is CC(C)C[C@H](OC(=O)C[C@@H]1CCCO1)c1ccccn1. The van der Waals surface area contributed by atoms with Gasteiger partial charge < -0.3 is 9.47 Å². The molecule has 0 bridgehead atoms. The molecular formula is C16H23NO3. The number of nitrogens with zero attached hydrogens (tertiary/aromatic N) is 1. The quantitative estimate of drug-likeness (QED) is 0.749. The fourth-order valence-corrected chi connectivity index (χ4v) is 2.42. The molecule has 0 aromatic carbocycles. The Hall–Kier alpha value is -1.42. The highest BCUT2D eigenvalue weighted by Crippen LogP contribution is 2.25. The number of esters is 1. The summed E-state index contributed by atoms with van der Waals surface area (Å²) < 4.78 is 11.1. The van der Waals surface area contributed by atoms with E-state index in [0.29, 0.717) is 12.3 Å². The van der Waals surface area contributed by atoms with Crippen LogP contribution >= 0.6 is 0 Å². The smallest absolute Gasteiger partial charge is 0.309 e. The van der Waals surface area contributed by atoms with E-state index in [0.717, 1.165) is 31.6 Å². The average Bonchev–Trinajstić information content (AvgIpc) is 2.91. The van der Waals surface area contributed by atoms with Gasteiger partial charge in [0.05, 0.1) is 18.2 Å². The summed E-state index contributed by atoms with van der Waals surface area (Å²) in [5, 5.41) is 0. The van der Waals surface area contributed by atoms with Crippen LogP contribution in [0.15, 0.2) is 24.4 Å². The van der Waals surface area contributed by atoms with Gasteiger partial charge in [-0.1, -0.05) is 19.9 Å². The maximum atomic E-state index is 12.0. The summed E-state index contributed by atoms with van der Waals surface area (Å²) in [4.78, 5) is 16.3. The van der Waals surface area contributed by atoms with E-state index in [9.17, 15) is 4.79 Å². The van der Waals surface area contributed by atoms with Gasteiger partial charge in [0.2, 0.25) is 0 Å². The summed E-state index contributed by atoms with van der Waals surface area (Å²) in [5.41, 5.74) is 0.821. The van der Waals surface area contributed by atoms with Crippen molar-refractivity contribution < 1.29 is 14.3 Å². The van der Waals surface area contributed by atoms with Crippen LogP contribution in [0.3, 0.4) is 0 Å². The molecule has 1 aliphatic heterocycles. The van der Waals surface area contributed by atoms with E-state index in [-0.39, 0.29) is 18.2 Å². The molecule has 2 rings (SSSR count). The number of pyridine rings is 1. The molecule has 0 aliphatic carbocycles. The molecule has 0 radical (unpaired) electrons. The Balaban J connectivity index is 1.94. The van der Waals surface area contributed by atoms with E-state index in [4.69, 9.17) is 9.47 Å². The first-order valence-corrected chi connectivity index (χ1v) is 7.37. The van der Waals surface area contributed by atoms with Crippen LogP contribution in [-0.4, -0.2) is 23.7 Å². The monoisotopic (exact) mass is 277 g/mol. The molecular weight excluding hydrogens is 254 g/mol. The molecule has 0 spiro atoms. The Labute approximate surface area is 120 Å². The summed E-state index contributed by atoms with van der Waals surface area (Å²) in [6.45, 7) is 4.99. The number of rotatable bonds is 6. The van der Waals surface area contributed by atoms with Crippen LogP contribution in [0.25, 0.3) is 0 Å². The van der Waals surface area contributed by atoms with Gasteiger partial charge in [-0.2, -0.15) is 0 Å². The van der Waals surface area contributed by atoms with Gasteiger partial charge in [0.1, 0.15) is 6.10 Å².